The Morgan fingerprint density at radius 2 is 0.533 bits per heavy atom. The van der Waals surface area contributed by atoms with Gasteiger partial charge >= 0.3 is 112 Å². The molecule has 0 aliphatic carbocycles. The number of rotatable bonds is 2. The number of hydrogen-bond donors (Lipinski definition) is 0. The van der Waals surface area contributed by atoms with E-state index >= 15 is 0 Å². The van der Waals surface area contributed by atoms with Gasteiger partial charge in [0.1, 0.15) is 0 Å². The first kappa shape index (κ1) is 44.2. The Kier molecular flexibility index (Phi) is 38.8. The van der Waals surface area contributed by atoms with Gasteiger partial charge in [-0.3, -0.25) is 0 Å². The van der Waals surface area contributed by atoms with Gasteiger partial charge in [-0.1, -0.05) is 0 Å². The molecule has 0 aliphatic heterocycles. The van der Waals surface area contributed by atoms with Crippen molar-refractivity contribution in [2.24, 2.45) is 0 Å². The van der Waals surface area contributed by atoms with E-state index in [1.165, 1.54) is 0 Å². The van der Waals surface area contributed by atoms with Gasteiger partial charge < -0.3 is 0 Å². The first-order chi connectivity index (χ1) is 12.9. The van der Waals surface area contributed by atoms with Crippen LogP contribution in [0.2, 0.25) is 39.3 Å². The van der Waals surface area contributed by atoms with Gasteiger partial charge in [0.05, 0.1) is 0 Å². The average molecular weight is 832 g/mol. The zero-order valence-electron chi connectivity index (χ0n) is 23.7. The van der Waals surface area contributed by atoms with E-state index in [2.05, 4.69) is 154 Å². The Hall–Kier alpha value is 4.23. The van der Waals surface area contributed by atoms with Crippen molar-refractivity contribution in [3.8, 4) is 0 Å². The van der Waals surface area contributed by atoms with Crippen LogP contribution in [0.15, 0.2) is 0 Å². The van der Waals surface area contributed by atoms with Crippen molar-refractivity contribution >= 4 is 82.5 Å². The summed E-state index contributed by atoms with van der Waals surface area (Å²) in [5.41, 5.74) is 0. The third-order valence-corrected chi connectivity index (χ3v) is 68.5. The second-order valence-corrected chi connectivity index (χ2v) is 71.5. The Morgan fingerprint density at radius 1 is 0.433 bits per heavy atom. The van der Waals surface area contributed by atoms with Crippen LogP contribution in [0.3, 0.4) is 0 Å². The molecule has 0 spiro atoms. The molecule has 0 unspecified atom stereocenters. The predicted octanol–water partition coefficient (Wildman–Crippen LogP) is 8.48. The molecule has 0 saturated heterocycles. The van der Waals surface area contributed by atoms with E-state index in [0.717, 1.165) is 0 Å². The van der Waals surface area contributed by atoms with E-state index in [1.54, 1.807) is 0 Å². The first-order valence-electron chi connectivity index (χ1n) is 10.5. The Morgan fingerprint density at radius 3 is 0.600 bits per heavy atom. The second-order valence-electron chi connectivity index (χ2n) is 11.5. The van der Waals surface area contributed by atoms with Gasteiger partial charge in [-0.05, 0) is 31.7 Å². The summed E-state index contributed by atoms with van der Waals surface area (Å²) in [6, 6.07) is 0. The average Bonchev–Trinajstić information content (AvgIpc) is 2.30. The zero-order valence-corrected chi connectivity index (χ0v) is 36.9. The van der Waals surface area contributed by atoms with Gasteiger partial charge in [0, 0.05) is 80.0 Å². The summed E-state index contributed by atoms with van der Waals surface area (Å²) in [4.78, 5) is 0. The van der Waals surface area contributed by atoms with E-state index in [4.69, 9.17) is 0 Å². The van der Waals surface area contributed by atoms with Crippen LogP contribution in [0.1, 0.15) is 0 Å². The Balaban J connectivity index is -0.000000106. The summed E-state index contributed by atoms with van der Waals surface area (Å²) in [6.07, 6.45) is 0. The van der Waals surface area contributed by atoms with E-state index in [0.29, 0.717) is 0 Å². The summed E-state index contributed by atoms with van der Waals surface area (Å²) >= 11 is 8.00. The van der Waals surface area contributed by atoms with Crippen LogP contribution in [-0.2, 0) is 21.8 Å². The van der Waals surface area contributed by atoms with Crippen LogP contribution >= 0.6 is 58.3 Å². The van der Waals surface area contributed by atoms with Crippen LogP contribution in [0.5, 0.6) is 0 Å². The fraction of sp³-hybridized carbons (Fsp3) is 0.900. The molecule has 0 aliphatic rings. The van der Waals surface area contributed by atoms with Gasteiger partial charge in [0.2, 0.25) is 0 Å². The fourth-order valence-corrected chi connectivity index (χ4v) is 80.6. The molecule has 0 radical (unpaired) electrons. The molecular formula is C20H60Br2Mo2P4Si2+4. The normalized spacial score (nSPS) is 12.3. The molecule has 0 aromatic heterocycles. The van der Waals surface area contributed by atoms with Gasteiger partial charge in [0.15, 0.2) is 0 Å². The molecule has 10 heteroatoms. The Labute approximate surface area is 221 Å². The fourth-order valence-electron chi connectivity index (χ4n) is 0.648. The number of hydrogen-bond acceptors (Lipinski definition) is 0. The van der Waals surface area contributed by atoms with E-state index in [-0.39, 0.29) is 31.7 Å². The monoisotopic (exact) mass is 834 g/mol. The van der Waals surface area contributed by atoms with E-state index in [9.17, 15) is 0 Å². The molecule has 0 nitrogen and oxygen atoms in total. The molecule has 0 fully saturated rings. The minimum absolute atomic E-state index is 0.120. The van der Waals surface area contributed by atoms with Crippen molar-refractivity contribution in [3.05, 3.63) is 0 Å². The van der Waals surface area contributed by atoms with Crippen LogP contribution in [0.25, 0.3) is 0 Å². The predicted molar refractivity (Wildman–Crippen MR) is 181 cm³/mol. The first-order valence-corrected chi connectivity index (χ1v) is 46.8. The number of halogens is 2. The standard InChI is InChI=1S/2C4H10Si.4C3H9P.2BrH.2Mo/c2*1-5(2,3)4;4*1-4(2)3;;;;/h2*1H,2-4H3;4*1-3H3;2*1H;;/q;;;;;;;;2*+1/p+2. The molecule has 30 heavy (non-hydrogen) atoms. The van der Waals surface area contributed by atoms with Crippen LogP contribution in [0.4, 0.5) is 0 Å². The van der Waals surface area contributed by atoms with Gasteiger partial charge in [0.25, 0.3) is 0 Å². The molecule has 0 heterocycles. The van der Waals surface area contributed by atoms with Gasteiger partial charge in [-0.25, -0.2) is 0 Å². The minimum atomic E-state index is -1.01. The summed E-state index contributed by atoms with van der Waals surface area (Å²) in [5, 5.41) is 0. The molecule has 0 saturated carbocycles. The molecule has 0 aromatic carbocycles. The molecule has 0 rings (SSSR count). The zero-order chi connectivity index (χ0) is 25.9. The maximum atomic E-state index is 4.00. The van der Waals surface area contributed by atoms with Crippen LogP contribution in [0, 0.1) is 0 Å². The van der Waals surface area contributed by atoms with Crippen molar-refractivity contribution in [2.75, 3.05) is 80.0 Å². The summed E-state index contributed by atoms with van der Waals surface area (Å²) in [6.45, 7) is 41.9. The molecule has 0 amide bonds. The van der Waals surface area contributed by atoms with Crippen molar-refractivity contribution in [1.82, 2.24) is 0 Å². The topological polar surface area (TPSA) is 0 Å². The van der Waals surface area contributed by atoms with E-state index < -0.39 is 38.0 Å². The van der Waals surface area contributed by atoms with Crippen molar-refractivity contribution in [1.29, 1.82) is 0 Å². The SMILES string of the molecule is C[PH+](C)C.C[PH+](C)C.C[PH+](C)C.C[PH+](C)C.C[Si](C)(C)[CH]=[Mo]([Br])#[Mo]([Br])=[CH][Si](C)(C)C. The molecule has 0 aromatic rings. The third kappa shape index (κ3) is 94.6. The van der Waals surface area contributed by atoms with E-state index in [1.807, 2.05) is 0 Å². The Bertz CT molecular complexity index is 527. The van der Waals surface area contributed by atoms with Gasteiger partial charge in [-0.15, -0.1) is 0 Å². The molecular weight excluding hydrogens is 772 g/mol. The molecule has 0 bridgehead atoms. The van der Waals surface area contributed by atoms with Crippen LogP contribution < -0.4 is 0 Å². The van der Waals surface area contributed by atoms with Crippen molar-refractivity contribution in [2.45, 2.75) is 39.3 Å². The van der Waals surface area contributed by atoms with Crippen molar-refractivity contribution < 1.29 is 21.8 Å². The maximum absolute atomic E-state index is 4.00. The second kappa shape index (κ2) is 26.3. The molecule has 0 N–H and O–H groups in total. The quantitative estimate of drug-likeness (QED) is 0.194. The van der Waals surface area contributed by atoms with Crippen LogP contribution in [-0.4, -0.2) is 104 Å². The summed E-state index contributed by atoms with van der Waals surface area (Å²) in [5.74, 6) is 0. The summed E-state index contributed by atoms with van der Waals surface area (Å²) < 4.78 is 5.47. The van der Waals surface area contributed by atoms with Gasteiger partial charge in [-0.2, -0.15) is 0 Å². The molecule has 190 valence electrons. The summed E-state index contributed by atoms with van der Waals surface area (Å²) in [7, 11) is -3.43. The molecule has 0 atom stereocenters. The van der Waals surface area contributed by atoms with Crippen molar-refractivity contribution in [3.63, 3.8) is 0 Å². The third-order valence-electron chi connectivity index (χ3n) is 1.04.